The summed E-state index contributed by atoms with van der Waals surface area (Å²) in [5.41, 5.74) is 5.62. The highest BCUT2D eigenvalue weighted by Gasteiger charge is 2.43. The molecule has 3 saturated heterocycles. The lowest BCUT2D eigenvalue weighted by Crippen LogP contribution is -2.63. The predicted molar refractivity (Wildman–Crippen MR) is 318 cm³/mol. The number of nitrogens with zero attached hydrogens (tertiary/aromatic N) is 12. The van der Waals surface area contributed by atoms with E-state index in [2.05, 4.69) is 82.9 Å². The second-order valence-electron chi connectivity index (χ2n) is 24.6. The van der Waals surface area contributed by atoms with E-state index in [9.17, 15) is 27.2 Å². The van der Waals surface area contributed by atoms with Gasteiger partial charge in [-0.3, -0.25) is 34.1 Å². The Bertz CT molecular complexity index is 3470. The molecule has 8 heterocycles. The molecule has 2 N–H and O–H groups in total. The summed E-state index contributed by atoms with van der Waals surface area (Å²) >= 11 is 0. The Kier molecular flexibility index (Phi) is 16.8. The molecule has 22 heteroatoms. The monoisotopic (exact) mass is 1140 g/mol. The number of amidine groups is 1. The van der Waals surface area contributed by atoms with Gasteiger partial charge < -0.3 is 34.6 Å². The predicted octanol–water partition coefficient (Wildman–Crippen LogP) is 5.31. The molecule has 2 amide bonds. The second kappa shape index (κ2) is 23.5. The zero-order valence-corrected chi connectivity index (χ0v) is 49.9. The van der Waals surface area contributed by atoms with Crippen molar-refractivity contribution in [2.75, 3.05) is 113 Å². The van der Waals surface area contributed by atoms with Gasteiger partial charge >= 0.3 is 0 Å². The molecule has 5 aliphatic heterocycles. The molecule has 3 fully saturated rings. The summed E-state index contributed by atoms with van der Waals surface area (Å²) in [6.07, 6.45) is 5.73. The van der Waals surface area contributed by atoms with Crippen molar-refractivity contribution in [2.45, 2.75) is 108 Å². The molecule has 438 valence electrons. The summed E-state index contributed by atoms with van der Waals surface area (Å²) in [5, 5.41) is 7.51. The summed E-state index contributed by atoms with van der Waals surface area (Å²) in [6.45, 7) is 26.8. The maximum Gasteiger partial charge on any atom is 0.257 e. The Morgan fingerprint density at radius 2 is 1.66 bits per heavy atom. The van der Waals surface area contributed by atoms with E-state index >= 15 is 0 Å². The van der Waals surface area contributed by atoms with Gasteiger partial charge in [0.15, 0.2) is 9.84 Å². The third-order valence-electron chi connectivity index (χ3n) is 17.0. The van der Waals surface area contributed by atoms with Crippen LogP contribution in [0.4, 0.5) is 21.8 Å². The molecule has 0 saturated carbocycles. The van der Waals surface area contributed by atoms with Crippen LogP contribution < -0.4 is 30.7 Å². The number of carbonyl (C=O) groups excluding carboxylic acids is 2. The van der Waals surface area contributed by atoms with Crippen molar-refractivity contribution in [2.24, 2.45) is 12.0 Å². The lowest BCUT2D eigenvalue weighted by molar-refractivity contribution is -0.121. The third kappa shape index (κ3) is 12.2. The van der Waals surface area contributed by atoms with Crippen LogP contribution in [0.25, 0.3) is 10.9 Å². The minimum atomic E-state index is -3.82. The van der Waals surface area contributed by atoms with E-state index in [1.807, 2.05) is 29.7 Å². The van der Waals surface area contributed by atoms with Crippen LogP contribution in [0.15, 0.2) is 87.0 Å². The molecule has 82 heavy (non-hydrogen) atoms. The van der Waals surface area contributed by atoms with Gasteiger partial charge in [0.25, 0.3) is 11.5 Å². The molecule has 0 spiro atoms. The number of rotatable bonds is 15. The Morgan fingerprint density at radius 1 is 0.927 bits per heavy atom. The van der Waals surface area contributed by atoms with Crippen molar-refractivity contribution in [3.05, 3.63) is 111 Å². The fraction of sp³-hybridized carbons (Fsp3) is 0.533. The maximum absolute atomic E-state index is 14.5. The molecule has 3 atom stereocenters. The highest BCUT2D eigenvalue weighted by molar-refractivity contribution is 7.92. The fourth-order valence-corrected chi connectivity index (χ4v) is 13.3. The number of pyridine rings is 1. The van der Waals surface area contributed by atoms with Gasteiger partial charge in [-0.15, -0.1) is 0 Å². The number of aliphatic imine (C=N–C) groups is 1. The maximum atomic E-state index is 14.5. The highest BCUT2D eigenvalue weighted by atomic mass is 32.2. The van der Waals surface area contributed by atoms with Crippen LogP contribution in [0.1, 0.15) is 95.9 Å². The van der Waals surface area contributed by atoms with E-state index in [0.717, 1.165) is 60.8 Å². The average molecular weight is 1140 g/mol. The topological polar surface area (TPSA) is 207 Å². The molecule has 0 radical (unpaired) electrons. The molecule has 5 aliphatic rings. The van der Waals surface area contributed by atoms with Gasteiger partial charge in [-0.1, -0.05) is 26.0 Å². The molecule has 0 unspecified atom stereocenters. The number of hydrogen-bond donors (Lipinski definition) is 2. The molecule has 0 aliphatic carbocycles. The lowest BCUT2D eigenvalue weighted by atomic mass is 9.90. The van der Waals surface area contributed by atoms with Gasteiger partial charge in [-0.25, -0.2) is 32.7 Å². The molecule has 20 nitrogen and oxygen atoms in total. The van der Waals surface area contributed by atoms with Crippen molar-refractivity contribution >= 4 is 55.8 Å². The standard InChI is InChI=1S/C60H79FN14O6S/c1-38-28-63-54(41(38)4)68-55-47-26-51(82(79,80)59(5,6)7)50(27-48(47)66-37-67-55)81-23-11-16-70-17-19-71(20-18-70)58-64-29-44(30-65-58)57(78)73-22-21-72(40(3)33-73)34-46-31-62-39(2)32-74(46)35-52(76)75-36-60(8,9)53-49(75)25-43(56(77)69(53)10)24-42-12-14-45(61)15-13-42/h12-15,25-27,29-30,37,39-40,46,62H,11,16-24,28,31-36H2,1-10H3,(H,63,66,67,68)/t39-,40-,46-/m1/s1. The first kappa shape index (κ1) is 58.5. The van der Waals surface area contributed by atoms with Crippen LogP contribution in [-0.2, 0) is 33.5 Å². The summed E-state index contributed by atoms with van der Waals surface area (Å²) in [7, 11) is -2.04. The Morgan fingerprint density at radius 3 is 2.34 bits per heavy atom. The second-order valence-corrected chi connectivity index (χ2v) is 27.2. The van der Waals surface area contributed by atoms with E-state index in [1.54, 1.807) is 69.0 Å². The van der Waals surface area contributed by atoms with Gasteiger partial charge in [-0.2, -0.15) is 0 Å². The van der Waals surface area contributed by atoms with Crippen molar-refractivity contribution in [1.82, 2.24) is 49.4 Å². The van der Waals surface area contributed by atoms with Crippen molar-refractivity contribution in [3.63, 3.8) is 0 Å². The largest absolute Gasteiger partial charge is 0.492 e. The average Bonchev–Trinajstić information content (AvgIpc) is 2.82. The number of amides is 2. The molecule has 10 rings (SSSR count). The quantitative estimate of drug-likeness (QED) is 0.128. The number of piperazine rings is 3. The van der Waals surface area contributed by atoms with Crippen molar-refractivity contribution < 1.29 is 27.1 Å². The number of ether oxygens (including phenoxy) is 1. The summed E-state index contributed by atoms with van der Waals surface area (Å²) in [6, 6.07) is 11.7. The summed E-state index contributed by atoms with van der Waals surface area (Å²) < 4.78 is 48.6. The van der Waals surface area contributed by atoms with E-state index in [-0.39, 0.29) is 58.5 Å². The van der Waals surface area contributed by atoms with Crippen LogP contribution in [0.2, 0.25) is 0 Å². The number of aromatic nitrogens is 5. The minimum absolute atomic E-state index is 0.0145. The van der Waals surface area contributed by atoms with Gasteiger partial charge in [-0.05, 0) is 95.9 Å². The first-order chi connectivity index (χ1) is 38.9. The first-order valence-corrected chi connectivity index (χ1v) is 30.2. The Hall–Kier alpha value is -6.72. The highest BCUT2D eigenvalue weighted by Crippen LogP contribution is 2.41. The zero-order chi connectivity index (χ0) is 58.4. The lowest BCUT2D eigenvalue weighted by Gasteiger charge is -2.45. The fourth-order valence-electron chi connectivity index (χ4n) is 12.0. The molecule has 5 aromatic rings. The van der Waals surface area contributed by atoms with Crippen LogP contribution in [0.3, 0.4) is 0 Å². The van der Waals surface area contributed by atoms with Gasteiger partial charge in [0.05, 0.1) is 46.9 Å². The van der Waals surface area contributed by atoms with Crippen LogP contribution >= 0.6 is 0 Å². The molecular formula is C60H79FN14O6S. The minimum Gasteiger partial charge on any atom is -0.492 e. The molecule has 3 aromatic heterocycles. The van der Waals surface area contributed by atoms with Crippen LogP contribution in [0.5, 0.6) is 5.75 Å². The number of fused-ring (bicyclic) bond motifs is 2. The number of carbonyl (C=O) groups is 2. The van der Waals surface area contributed by atoms with E-state index < -0.39 is 20.0 Å². The smallest absolute Gasteiger partial charge is 0.257 e. The van der Waals surface area contributed by atoms with E-state index in [1.165, 1.54) is 18.5 Å². The SMILES string of the molecule is CC1=C(C)C(Nc2ncnc3cc(OCCCN4CCN(c5ncc(C(=O)N6CCN(C[C@H]7CN[C@H](C)CN7CC(=O)N7CC(C)(C)c8c7cc(Cc7ccc(F)cc7)c(=O)n8C)[C@H](C)C6)cn5)CC4)c(S(=O)(=O)C(C)(C)C)cc23)=NC1. The molecule has 0 bridgehead atoms. The number of halogens is 1. The Labute approximate surface area is 480 Å². The normalized spacial score (nSPS) is 21.1. The summed E-state index contributed by atoms with van der Waals surface area (Å²) in [5.74, 6) is 1.59. The van der Waals surface area contributed by atoms with Crippen LogP contribution in [-0.4, -0.2) is 191 Å². The number of nitrogens with one attached hydrogen (secondary N) is 2. The van der Waals surface area contributed by atoms with Gasteiger partial charge in [0.2, 0.25) is 11.9 Å². The van der Waals surface area contributed by atoms with Gasteiger partial charge in [0, 0.05) is 145 Å². The van der Waals surface area contributed by atoms with Crippen LogP contribution in [0, 0.1) is 5.82 Å². The molecular weight excluding hydrogens is 1060 g/mol. The zero-order valence-electron chi connectivity index (χ0n) is 49.1. The van der Waals surface area contributed by atoms with E-state index in [0.29, 0.717) is 111 Å². The first-order valence-electron chi connectivity index (χ1n) is 28.7. The van der Waals surface area contributed by atoms with Crippen molar-refractivity contribution in [1.29, 1.82) is 0 Å². The van der Waals surface area contributed by atoms with Gasteiger partial charge in [0.1, 0.15) is 34.4 Å². The third-order valence-corrected chi connectivity index (χ3v) is 19.6. The Balaban J connectivity index is 0.700. The summed E-state index contributed by atoms with van der Waals surface area (Å²) in [4.78, 5) is 78.0. The number of anilines is 3. The molecule has 2 aromatic carbocycles. The van der Waals surface area contributed by atoms with E-state index in [4.69, 9.17) is 4.74 Å². The number of sulfone groups is 1. The van der Waals surface area contributed by atoms with Crippen molar-refractivity contribution in [3.8, 4) is 5.75 Å². The number of hydrogen-bond acceptors (Lipinski definition) is 17. The number of benzene rings is 2.